The molecule has 0 saturated heterocycles. The smallest absolute Gasteiger partial charge is 0.144 e. The number of hydrogen-bond acceptors (Lipinski definition) is 2. The summed E-state index contributed by atoms with van der Waals surface area (Å²) in [6.45, 7) is 0. The average Bonchev–Trinajstić information content (AvgIpc) is 2.83. The first-order chi connectivity index (χ1) is 9.26. The van der Waals surface area contributed by atoms with Crippen LogP contribution in [0.2, 0.25) is 0 Å². The van der Waals surface area contributed by atoms with Gasteiger partial charge in [-0.2, -0.15) is 0 Å². The van der Waals surface area contributed by atoms with Gasteiger partial charge in [-0.25, -0.2) is 4.39 Å². The van der Waals surface area contributed by atoms with E-state index in [4.69, 9.17) is 4.74 Å². The highest BCUT2D eigenvalue weighted by Gasteiger charge is 2.21. The molecule has 0 saturated carbocycles. The standard InChI is InChI=1S/C16H16FNO/c1-19-16-10-13(17)6-7-15(16)18-14-8-11-4-2-3-5-12(11)9-14/h2-7,10,14,18H,8-9H2,1H3. The van der Waals surface area contributed by atoms with Gasteiger partial charge in [0.05, 0.1) is 12.8 Å². The van der Waals surface area contributed by atoms with Gasteiger partial charge >= 0.3 is 0 Å². The zero-order valence-electron chi connectivity index (χ0n) is 10.8. The maximum atomic E-state index is 13.2. The summed E-state index contributed by atoms with van der Waals surface area (Å²) >= 11 is 0. The zero-order chi connectivity index (χ0) is 13.2. The highest BCUT2D eigenvalue weighted by Crippen LogP contribution is 2.29. The lowest BCUT2D eigenvalue weighted by molar-refractivity contribution is 0.412. The summed E-state index contributed by atoms with van der Waals surface area (Å²) in [5, 5.41) is 3.44. The van der Waals surface area contributed by atoms with Gasteiger partial charge in [-0.15, -0.1) is 0 Å². The number of nitrogens with one attached hydrogen (secondary N) is 1. The Hall–Kier alpha value is -2.03. The van der Waals surface area contributed by atoms with Gasteiger partial charge in [-0.05, 0) is 36.1 Å². The third-order valence-corrected chi connectivity index (χ3v) is 3.57. The van der Waals surface area contributed by atoms with Crippen LogP contribution in [0.1, 0.15) is 11.1 Å². The molecule has 1 aliphatic carbocycles. The molecule has 0 aromatic heterocycles. The molecule has 19 heavy (non-hydrogen) atoms. The van der Waals surface area contributed by atoms with E-state index in [9.17, 15) is 4.39 Å². The molecule has 0 fully saturated rings. The van der Waals surface area contributed by atoms with Crippen LogP contribution < -0.4 is 10.1 Å². The molecular formula is C16H16FNO. The van der Waals surface area contributed by atoms with Crippen molar-refractivity contribution in [1.29, 1.82) is 0 Å². The van der Waals surface area contributed by atoms with E-state index < -0.39 is 0 Å². The lowest BCUT2D eigenvalue weighted by Crippen LogP contribution is -2.19. The monoisotopic (exact) mass is 257 g/mol. The van der Waals surface area contributed by atoms with Crippen molar-refractivity contribution >= 4 is 5.69 Å². The Bertz CT molecular complexity index is 572. The molecule has 1 N–H and O–H groups in total. The van der Waals surface area contributed by atoms with Crippen molar-refractivity contribution in [2.45, 2.75) is 18.9 Å². The first kappa shape index (κ1) is 12.0. The van der Waals surface area contributed by atoms with Crippen molar-refractivity contribution in [2.24, 2.45) is 0 Å². The lowest BCUT2D eigenvalue weighted by atomic mass is 10.1. The fourth-order valence-corrected chi connectivity index (χ4v) is 2.67. The number of hydrogen-bond donors (Lipinski definition) is 1. The van der Waals surface area contributed by atoms with E-state index >= 15 is 0 Å². The first-order valence-electron chi connectivity index (χ1n) is 6.43. The van der Waals surface area contributed by atoms with E-state index in [-0.39, 0.29) is 5.82 Å². The Morgan fingerprint density at radius 2 is 1.79 bits per heavy atom. The largest absolute Gasteiger partial charge is 0.494 e. The highest BCUT2D eigenvalue weighted by molar-refractivity contribution is 5.58. The van der Waals surface area contributed by atoms with Crippen LogP contribution in [-0.4, -0.2) is 13.2 Å². The van der Waals surface area contributed by atoms with Crippen LogP contribution in [0.25, 0.3) is 0 Å². The molecule has 3 heteroatoms. The van der Waals surface area contributed by atoms with E-state index in [2.05, 4.69) is 29.6 Å². The molecule has 2 aromatic carbocycles. The number of methoxy groups -OCH3 is 1. The Labute approximate surface area is 112 Å². The molecule has 3 rings (SSSR count). The van der Waals surface area contributed by atoms with Crippen molar-refractivity contribution in [2.75, 3.05) is 12.4 Å². The minimum Gasteiger partial charge on any atom is -0.494 e. The molecule has 98 valence electrons. The van der Waals surface area contributed by atoms with E-state index in [0.717, 1.165) is 18.5 Å². The molecule has 0 spiro atoms. The molecule has 2 nitrogen and oxygen atoms in total. The van der Waals surface area contributed by atoms with Gasteiger partial charge in [0.25, 0.3) is 0 Å². The van der Waals surface area contributed by atoms with Gasteiger partial charge in [0.15, 0.2) is 0 Å². The summed E-state index contributed by atoms with van der Waals surface area (Å²) in [5.41, 5.74) is 3.63. The predicted octanol–water partition coefficient (Wildman–Crippen LogP) is 3.41. The van der Waals surface area contributed by atoms with Crippen LogP contribution in [0.4, 0.5) is 10.1 Å². The minimum absolute atomic E-state index is 0.280. The summed E-state index contributed by atoms with van der Waals surface area (Å²) in [6, 6.07) is 13.4. The SMILES string of the molecule is COc1cc(F)ccc1NC1Cc2ccccc2C1. The van der Waals surface area contributed by atoms with E-state index in [0.29, 0.717) is 11.8 Å². The number of halogens is 1. The summed E-state index contributed by atoms with van der Waals surface area (Å²) in [4.78, 5) is 0. The zero-order valence-corrected chi connectivity index (χ0v) is 10.8. The van der Waals surface area contributed by atoms with Gasteiger partial charge in [0.2, 0.25) is 0 Å². The maximum absolute atomic E-state index is 13.2. The Morgan fingerprint density at radius 1 is 1.11 bits per heavy atom. The Kier molecular flexibility index (Phi) is 3.11. The second-order valence-electron chi connectivity index (χ2n) is 4.86. The quantitative estimate of drug-likeness (QED) is 0.909. The number of benzene rings is 2. The van der Waals surface area contributed by atoms with Crippen LogP contribution >= 0.6 is 0 Å². The second-order valence-corrected chi connectivity index (χ2v) is 4.86. The molecule has 1 aliphatic rings. The van der Waals surface area contributed by atoms with E-state index in [1.807, 2.05) is 0 Å². The van der Waals surface area contributed by atoms with Gasteiger partial charge in [0.1, 0.15) is 11.6 Å². The van der Waals surface area contributed by atoms with Crippen molar-refractivity contribution < 1.29 is 9.13 Å². The predicted molar refractivity (Wildman–Crippen MR) is 74.2 cm³/mol. The second kappa shape index (κ2) is 4.92. The topological polar surface area (TPSA) is 21.3 Å². The Balaban J connectivity index is 1.77. The lowest BCUT2D eigenvalue weighted by Gasteiger charge is -2.16. The summed E-state index contributed by atoms with van der Waals surface area (Å²) in [6.07, 6.45) is 1.99. The fourth-order valence-electron chi connectivity index (χ4n) is 2.67. The number of anilines is 1. The average molecular weight is 257 g/mol. The number of ether oxygens (including phenoxy) is 1. The van der Waals surface area contributed by atoms with Crippen LogP contribution in [0, 0.1) is 5.82 Å². The molecule has 0 heterocycles. The molecule has 0 unspecified atom stereocenters. The molecule has 0 amide bonds. The number of rotatable bonds is 3. The summed E-state index contributed by atoms with van der Waals surface area (Å²) in [7, 11) is 1.56. The van der Waals surface area contributed by atoms with Gasteiger partial charge in [-0.1, -0.05) is 24.3 Å². The van der Waals surface area contributed by atoms with Crippen molar-refractivity contribution in [3.63, 3.8) is 0 Å². The third kappa shape index (κ3) is 2.41. The van der Waals surface area contributed by atoms with Crippen LogP contribution in [0.3, 0.4) is 0 Å². The highest BCUT2D eigenvalue weighted by atomic mass is 19.1. The van der Waals surface area contributed by atoms with Gasteiger partial charge in [0, 0.05) is 12.1 Å². The molecular weight excluding hydrogens is 241 g/mol. The third-order valence-electron chi connectivity index (χ3n) is 3.57. The van der Waals surface area contributed by atoms with Crippen LogP contribution in [0.5, 0.6) is 5.75 Å². The maximum Gasteiger partial charge on any atom is 0.144 e. The minimum atomic E-state index is -0.280. The summed E-state index contributed by atoms with van der Waals surface area (Å²) in [5.74, 6) is 0.271. The van der Waals surface area contributed by atoms with Crippen LogP contribution in [0.15, 0.2) is 42.5 Å². The van der Waals surface area contributed by atoms with Crippen molar-refractivity contribution in [1.82, 2.24) is 0 Å². The molecule has 0 aliphatic heterocycles. The van der Waals surface area contributed by atoms with E-state index in [1.54, 1.807) is 13.2 Å². The molecule has 0 bridgehead atoms. The molecule has 2 aromatic rings. The summed E-state index contributed by atoms with van der Waals surface area (Å²) < 4.78 is 18.4. The van der Waals surface area contributed by atoms with Crippen LogP contribution in [-0.2, 0) is 12.8 Å². The first-order valence-corrected chi connectivity index (χ1v) is 6.43. The number of fused-ring (bicyclic) bond motifs is 1. The van der Waals surface area contributed by atoms with Gasteiger partial charge in [-0.3, -0.25) is 0 Å². The normalized spacial score (nSPS) is 14.2. The Morgan fingerprint density at radius 3 is 2.42 bits per heavy atom. The molecule has 0 atom stereocenters. The van der Waals surface area contributed by atoms with E-state index in [1.165, 1.54) is 23.3 Å². The van der Waals surface area contributed by atoms with Gasteiger partial charge < -0.3 is 10.1 Å². The molecule has 0 radical (unpaired) electrons. The fraction of sp³-hybridized carbons (Fsp3) is 0.250. The van der Waals surface area contributed by atoms with Crippen molar-refractivity contribution in [3.8, 4) is 5.75 Å². The van der Waals surface area contributed by atoms with Crippen molar-refractivity contribution in [3.05, 3.63) is 59.4 Å².